The lowest BCUT2D eigenvalue weighted by atomic mass is 10.2. The summed E-state index contributed by atoms with van der Waals surface area (Å²) in [5.74, 6) is -1.28. The third-order valence-electron chi connectivity index (χ3n) is 1.93. The highest BCUT2D eigenvalue weighted by atomic mass is 16.5. The van der Waals surface area contributed by atoms with Crippen molar-refractivity contribution in [2.75, 3.05) is 7.11 Å². The first-order valence-corrected chi connectivity index (χ1v) is 6.56. The molecule has 4 heteroatoms. The third kappa shape index (κ3) is 19.1. The molecule has 0 saturated carbocycles. The molecule has 1 rings (SSSR count). The van der Waals surface area contributed by atoms with E-state index in [1.54, 1.807) is 6.92 Å². The van der Waals surface area contributed by atoms with Crippen molar-refractivity contribution < 1.29 is 19.4 Å². The Morgan fingerprint density at radius 3 is 1.57 bits per heavy atom. The Labute approximate surface area is 139 Å². The summed E-state index contributed by atoms with van der Waals surface area (Å²) in [7, 11) is 1.33. The molecule has 0 amide bonds. The maximum Gasteiger partial charge on any atom is 0.332 e. The minimum absolute atomic E-state index is 0.176. The van der Waals surface area contributed by atoms with Crippen molar-refractivity contribution in [2.24, 2.45) is 0 Å². The summed E-state index contributed by atoms with van der Waals surface area (Å²) in [4.78, 5) is 19.8. The van der Waals surface area contributed by atoms with Crippen molar-refractivity contribution in [3.63, 3.8) is 0 Å². The molecule has 0 spiro atoms. The number of carbonyl (C=O) groups is 2. The van der Waals surface area contributed by atoms with Crippen molar-refractivity contribution >= 4 is 18.0 Å². The van der Waals surface area contributed by atoms with Crippen LogP contribution in [0, 0.1) is 0 Å². The van der Waals surface area contributed by atoms with Gasteiger partial charge in [-0.15, -0.1) is 13.2 Å². The molecule has 1 N–H and O–H groups in total. The summed E-state index contributed by atoms with van der Waals surface area (Å²) in [6.45, 7) is 19.2. The van der Waals surface area contributed by atoms with E-state index in [1.165, 1.54) is 19.6 Å². The standard InChI is InChI=1S/C8H8.C5H8O2.C4H6O2.C2H4/c1-2-8-6-4-3-5-7-8;1-4(2)5(6)7-3;1-3(2)4(5)6;1-2/h2-7H,1H2;1H2,2-3H3;1H2,2H3,(H,5,6);1-2H2. The van der Waals surface area contributed by atoms with Gasteiger partial charge in [0.1, 0.15) is 0 Å². The fourth-order valence-electron chi connectivity index (χ4n) is 0.763. The Bertz CT molecular complexity index is 489. The molecule has 126 valence electrons. The maximum atomic E-state index is 10.2. The summed E-state index contributed by atoms with van der Waals surface area (Å²) in [6.07, 6.45) is 1.83. The van der Waals surface area contributed by atoms with Gasteiger partial charge in [0.05, 0.1) is 7.11 Å². The molecule has 0 heterocycles. The zero-order chi connectivity index (χ0) is 18.8. The Hall–Kier alpha value is -2.88. The molecule has 0 aliphatic carbocycles. The van der Waals surface area contributed by atoms with Crippen molar-refractivity contribution in [1.29, 1.82) is 0 Å². The first kappa shape index (κ1) is 25.1. The molecule has 0 atom stereocenters. The van der Waals surface area contributed by atoms with Crippen LogP contribution in [0.4, 0.5) is 0 Å². The minimum Gasteiger partial charge on any atom is -0.478 e. The summed E-state index contributed by atoms with van der Waals surface area (Å²) in [5, 5.41) is 7.89. The molecule has 0 aliphatic heterocycles. The van der Waals surface area contributed by atoms with Gasteiger partial charge in [-0.1, -0.05) is 56.1 Å². The van der Waals surface area contributed by atoms with E-state index < -0.39 is 5.97 Å². The average molecular weight is 318 g/mol. The maximum absolute atomic E-state index is 10.2. The van der Waals surface area contributed by atoms with Crippen LogP contribution in [0.5, 0.6) is 0 Å². The quantitative estimate of drug-likeness (QED) is 0.506. The summed E-state index contributed by atoms with van der Waals surface area (Å²) >= 11 is 0. The van der Waals surface area contributed by atoms with Gasteiger partial charge < -0.3 is 9.84 Å². The van der Waals surface area contributed by atoms with Gasteiger partial charge in [0, 0.05) is 11.1 Å². The third-order valence-corrected chi connectivity index (χ3v) is 1.93. The van der Waals surface area contributed by atoms with E-state index in [2.05, 4.69) is 37.6 Å². The molecule has 23 heavy (non-hydrogen) atoms. The lowest BCUT2D eigenvalue weighted by Gasteiger charge is -1.91. The number of carboxylic acids is 1. The van der Waals surface area contributed by atoms with Gasteiger partial charge in [-0.2, -0.15) is 0 Å². The monoisotopic (exact) mass is 318 g/mol. The summed E-state index contributed by atoms with van der Waals surface area (Å²) < 4.78 is 4.27. The smallest absolute Gasteiger partial charge is 0.332 e. The minimum atomic E-state index is -0.935. The van der Waals surface area contributed by atoms with Crippen LogP contribution in [0.2, 0.25) is 0 Å². The van der Waals surface area contributed by atoms with Gasteiger partial charge in [-0.3, -0.25) is 0 Å². The second-order valence-electron chi connectivity index (χ2n) is 3.97. The Balaban J connectivity index is -0.000000250. The SMILES string of the molecule is C=C.C=C(C)C(=O)O.C=C(C)C(=O)OC.C=Cc1ccccc1. The molecular weight excluding hydrogens is 292 g/mol. The lowest BCUT2D eigenvalue weighted by molar-refractivity contribution is -0.136. The second-order valence-corrected chi connectivity index (χ2v) is 3.97. The van der Waals surface area contributed by atoms with Crippen LogP contribution < -0.4 is 0 Å². The lowest BCUT2D eigenvalue weighted by Crippen LogP contribution is -1.98. The zero-order valence-electron chi connectivity index (χ0n) is 14.2. The van der Waals surface area contributed by atoms with Gasteiger partial charge in [0.2, 0.25) is 0 Å². The Morgan fingerprint density at radius 1 is 1.04 bits per heavy atom. The van der Waals surface area contributed by atoms with Gasteiger partial charge in [-0.05, 0) is 19.4 Å². The number of ether oxygens (including phenoxy) is 1. The normalized spacial score (nSPS) is 7.43. The van der Waals surface area contributed by atoms with E-state index in [1.807, 2.05) is 36.4 Å². The first-order chi connectivity index (χ1) is 10.8. The number of hydrogen-bond acceptors (Lipinski definition) is 3. The predicted octanol–water partition coefficient (Wildman–Crippen LogP) is 4.51. The fraction of sp³-hybridized carbons (Fsp3) is 0.158. The van der Waals surface area contributed by atoms with Gasteiger partial charge in [0.25, 0.3) is 0 Å². The Kier molecular flexibility index (Phi) is 18.7. The van der Waals surface area contributed by atoms with Crippen molar-refractivity contribution in [2.45, 2.75) is 13.8 Å². The molecule has 0 fully saturated rings. The average Bonchev–Trinajstić information content (AvgIpc) is 2.57. The first-order valence-electron chi connectivity index (χ1n) is 6.56. The van der Waals surface area contributed by atoms with Crippen LogP contribution in [0.1, 0.15) is 19.4 Å². The highest BCUT2D eigenvalue weighted by Crippen LogP contribution is 1.97. The number of carboxylic acid groups (broad SMARTS) is 1. The highest BCUT2D eigenvalue weighted by molar-refractivity contribution is 5.86. The van der Waals surface area contributed by atoms with E-state index in [4.69, 9.17) is 5.11 Å². The topological polar surface area (TPSA) is 63.6 Å². The van der Waals surface area contributed by atoms with Crippen LogP contribution in [0.3, 0.4) is 0 Å². The van der Waals surface area contributed by atoms with Crippen LogP contribution in [0.25, 0.3) is 6.08 Å². The van der Waals surface area contributed by atoms with Crippen LogP contribution in [0.15, 0.2) is 74.4 Å². The van der Waals surface area contributed by atoms with Crippen molar-refractivity contribution in [3.8, 4) is 0 Å². The molecular formula is C19H26O4. The van der Waals surface area contributed by atoms with Crippen LogP contribution >= 0.6 is 0 Å². The van der Waals surface area contributed by atoms with E-state index in [0.717, 1.165) is 0 Å². The number of esters is 1. The molecule has 0 radical (unpaired) electrons. The van der Waals surface area contributed by atoms with E-state index in [-0.39, 0.29) is 11.5 Å². The highest BCUT2D eigenvalue weighted by Gasteiger charge is 1.95. The number of benzene rings is 1. The molecule has 0 aliphatic rings. The van der Waals surface area contributed by atoms with Crippen LogP contribution in [-0.2, 0) is 14.3 Å². The molecule has 0 saturated heterocycles. The van der Waals surface area contributed by atoms with Gasteiger partial charge >= 0.3 is 11.9 Å². The molecule has 1 aromatic carbocycles. The number of carbonyl (C=O) groups excluding carboxylic acids is 1. The zero-order valence-corrected chi connectivity index (χ0v) is 14.2. The molecule has 4 nitrogen and oxygen atoms in total. The van der Waals surface area contributed by atoms with E-state index >= 15 is 0 Å². The number of methoxy groups -OCH3 is 1. The molecule has 0 unspecified atom stereocenters. The molecule has 1 aromatic rings. The van der Waals surface area contributed by atoms with Gasteiger partial charge in [-0.25, -0.2) is 9.59 Å². The largest absolute Gasteiger partial charge is 0.478 e. The van der Waals surface area contributed by atoms with Gasteiger partial charge in [0.15, 0.2) is 0 Å². The number of rotatable bonds is 3. The molecule has 0 bridgehead atoms. The summed E-state index contributed by atoms with van der Waals surface area (Å²) in [6, 6.07) is 10.0. The van der Waals surface area contributed by atoms with Crippen LogP contribution in [-0.4, -0.2) is 24.2 Å². The summed E-state index contributed by atoms with van der Waals surface area (Å²) in [5.41, 5.74) is 1.78. The number of aliphatic carboxylic acids is 1. The second kappa shape index (κ2) is 17.2. The number of hydrogen-bond donors (Lipinski definition) is 1. The molecule has 0 aromatic heterocycles. The van der Waals surface area contributed by atoms with E-state index in [9.17, 15) is 9.59 Å². The van der Waals surface area contributed by atoms with Crippen molar-refractivity contribution in [3.05, 3.63) is 79.9 Å². The predicted molar refractivity (Wildman–Crippen MR) is 97.1 cm³/mol. The van der Waals surface area contributed by atoms with E-state index in [0.29, 0.717) is 5.57 Å². The van der Waals surface area contributed by atoms with Crippen molar-refractivity contribution in [1.82, 2.24) is 0 Å². The fourth-order valence-corrected chi connectivity index (χ4v) is 0.763. The Morgan fingerprint density at radius 2 is 1.43 bits per heavy atom.